The molecule has 4 nitrogen and oxygen atoms in total. The summed E-state index contributed by atoms with van der Waals surface area (Å²) in [6.45, 7) is 2.68. The highest BCUT2D eigenvalue weighted by Crippen LogP contribution is 2.28. The number of hydrogen-bond acceptors (Lipinski definition) is 3. The van der Waals surface area contributed by atoms with Crippen molar-refractivity contribution in [3.63, 3.8) is 0 Å². The number of aliphatic hydroxyl groups is 1. The zero-order valence-electron chi connectivity index (χ0n) is 10.0. The Morgan fingerprint density at radius 1 is 1.44 bits per heavy atom. The van der Waals surface area contributed by atoms with Crippen molar-refractivity contribution < 1.29 is 14.6 Å². The Labute approximate surface area is 123 Å². The van der Waals surface area contributed by atoms with Gasteiger partial charge in [0.15, 0.2) is 6.61 Å². The Morgan fingerprint density at radius 3 is 2.72 bits per heavy atom. The molecule has 1 aromatic rings. The van der Waals surface area contributed by atoms with Crippen LogP contribution < -0.4 is 4.74 Å². The molecule has 0 unspecified atom stereocenters. The fourth-order valence-corrected chi connectivity index (χ4v) is 2.56. The van der Waals surface area contributed by atoms with Gasteiger partial charge in [-0.2, -0.15) is 0 Å². The molecule has 1 N–H and O–H groups in total. The van der Waals surface area contributed by atoms with Crippen LogP contribution in [0.4, 0.5) is 0 Å². The topological polar surface area (TPSA) is 49.8 Å². The molecule has 0 aliphatic rings. The van der Waals surface area contributed by atoms with Crippen LogP contribution in [0.25, 0.3) is 0 Å². The van der Waals surface area contributed by atoms with Gasteiger partial charge in [-0.15, -0.1) is 0 Å². The van der Waals surface area contributed by atoms with E-state index in [4.69, 9.17) is 9.84 Å². The number of carbonyl (C=O) groups is 1. The number of nitrogens with zero attached hydrogens (tertiary/aromatic N) is 1. The first-order valence-corrected chi connectivity index (χ1v) is 7.13. The van der Waals surface area contributed by atoms with Crippen molar-refractivity contribution in [2.45, 2.75) is 6.92 Å². The Morgan fingerprint density at radius 2 is 2.17 bits per heavy atom. The largest absolute Gasteiger partial charge is 0.483 e. The van der Waals surface area contributed by atoms with Gasteiger partial charge >= 0.3 is 0 Å². The highest BCUT2D eigenvalue weighted by atomic mass is 79.9. The molecule has 0 aliphatic carbocycles. The lowest BCUT2D eigenvalue weighted by atomic mass is 10.3. The van der Waals surface area contributed by atoms with E-state index in [1.165, 1.54) is 0 Å². The van der Waals surface area contributed by atoms with Crippen LogP contribution in [0.5, 0.6) is 5.75 Å². The molecular weight excluding hydrogens is 366 g/mol. The average Bonchev–Trinajstić information content (AvgIpc) is 2.34. The average molecular weight is 381 g/mol. The summed E-state index contributed by atoms with van der Waals surface area (Å²) in [5.74, 6) is 0.480. The van der Waals surface area contributed by atoms with Crippen molar-refractivity contribution >= 4 is 37.8 Å². The number of ether oxygens (including phenoxy) is 1. The van der Waals surface area contributed by atoms with Gasteiger partial charge in [-0.1, -0.05) is 15.9 Å². The Bertz CT molecular complexity index is 412. The van der Waals surface area contributed by atoms with Gasteiger partial charge in [0.2, 0.25) is 0 Å². The number of likely N-dealkylation sites (N-methyl/N-ethyl adjacent to an activating group) is 1. The van der Waals surface area contributed by atoms with E-state index in [0.29, 0.717) is 18.8 Å². The summed E-state index contributed by atoms with van der Waals surface area (Å²) < 4.78 is 7.16. The van der Waals surface area contributed by atoms with Crippen LogP contribution in [0.3, 0.4) is 0 Å². The molecule has 0 fully saturated rings. The van der Waals surface area contributed by atoms with Crippen LogP contribution in [0, 0.1) is 0 Å². The maximum absolute atomic E-state index is 11.8. The normalized spacial score (nSPS) is 10.2. The maximum Gasteiger partial charge on any atom is 0.260 e. The lowest BCUT2D eigenvalue weighted by molar-refractivity contribution is -0.133. The molecule has 0 aromatic heterocycles. The summed E-state index contributed by atoms with van der Waals surface area (Å²) in [4.78, 5) is 13.3. The number of halogens is 2. The van der Waals surface area contributed by atoms with Crippen LogP contribution in [-0.4, -0.2) is 42.2 Å². The van der Waals surface area contributed by atoms with Crippen LogP contribution >= 0.6 is 31.9 Å². The summed E-state index contributed by atoms with van der Waals surface area (Å²) in [6.07, 6.45) is 0. The van der Waals surface area contributed by atoms with E-state index in [-0.39, 0.29) is 19.1 Å². The first-order chi connectivity index (χ1) is 8.58. The third kappa shape index (κ3) is 4.59. The zero-order valence-corrected chi connectivity index (χ0v) is 13.2. The fourth-order valence-electron chi connectivity index (χ4n) is 1.40. The number of benzene rings is 1. The van der Waals surface area contributed by atoms with Gasteiger partial charge in [0, 0.05) is 17.6 Å². The van der Waals surface area contributed by atoms with E-state index < -0.39 is 0 Å². The second-order valence-electron chi connectivity index (χ2n) is 3.56. The summed E-state index contributed by atoms with van der Waals surface area (Å²) >= 11 is 6.70. The van der Waals surface area contributed by atoms with Gasteiger partial charge in [0.1, 0.15) is 5.75 Å². The van der Waals surface area contributed by atoms with Gasteiger partial charge in [-0.25, -0.2) is 0 Å². The van der Waals surface area contributed by atoms with Crippen molar-refractivity contribution in [2.75, 3.05) is 26.3 Å². The molecule has 0 spiro atoms. The molecule has 0 radical (unpaired) electrons. The van der Waals surface area contributed by atoms with E-state index in [0.717, 1.165) is 8.95 Å². The first kappa shape index (κ1) is 15.5. The standard InChI is InChI=1S/C12H15Br2NO3/c1-2-15(5-6-16)12(17)8-18-11-4-3-9(13)7-10(11)14/h3-4,7,16H,2,5-6,8H2,1H3. The van der Waals surface area contributed by atoms with Crippen molar-refractivity contribution in [1.29, 1.82) is 0 Å². The van der Waals surface area contributed by atoms with E-state index in [2.05, 4.69) is 31.9 Å². The fraction of sp³-hybridized carbons (Fsp3) is 0.417. The molecule has 0 bridgehead atoms. The Kier molecular flexibility index (Phi) is 6.67. The second kappa shape index (κ2) is 7.76. The van der Waals surface area contributed by atoms with Crippen molar-refractivity contribution in [1.82, 2.24) is 4.90 Å². The second-order valence-corrected chi connectivity index (χ2v) is 5.33. The third-order valence-electron chi connectivity index (χ3n) is 2.35. The minimum absolute atomic E-state index is 0.0337. The quantitative estimate of drug-likeness (QED) is 0.824. The molecule has 1 rings (SSSR count). The lowest BCUT2D eigenvalue weighted by Crippen LogP contribution is -2.36. The predicted octanol–water partition coefficient (Wildman–Crippen LogP) is 2.43. The van der Waals surface area contributed by atoms with Gasteiger partial charge in [0.05, 0.1) is 11.1 Å². The lowest BCUT2D eigenvalue weighted by Gasteiger charge is -2.19. The number of aliphatic hydroxyl groups excluding tert-OH is 1. The van der Waals surface area contributed by atoms with Crippen LogP contribution in [0.2, 0.25) is 0 Å². The van der Waals surface area contributed by atoms with Gasteiger partial charge in [-0.05, 0) is 41.1 Å². The number of amides is 1. The van der Waals surface area contributed by atoms with Gasteiger partial charge in [-0.3, -0.25) is 4.79 Å². The molecule has 0 heterocycles. The summed E-state index contributed by atoms with van der Waals surface area (Å²) in [7, 11) is 0. The van der Waals surface area contributed by atoms with E-state index in [1.54, 1.807) is 11.0 Å². The predicted molar refractivity (Wildman–Crippen MR) is 76.7 cm³/mol. The molecule has 0 atom stereocenters. The molecule has 1 aromatic carbocycles. The van der Waals surface area contributed by atoms with Gasteiger partial charge < -0.3 is 14.7 Å². The minimum Gasteiger partial charge on any atom is -0.483 e. The van der Waals surface area contributed by atoms with E-state index in [9.17, 15) is 4.79 Å². The molecule has 1 amide bonds. The van der Waals surface area contributed by atoms with E-state index in [1.807, 2.05) is 19.1 Å². The molecular formula is C12H15Br2NO3. The monoisotopic (exact) mass is 379 g/mol. The highest BCUT2D eigenvalue weighted by Gasteiger charge is 2.12. The van der Waals surface area contributed by atoms with Crippen LogP contribution in [0.15, 0.2) is 27.1 Å². The number of rotatable bonds is 6. The van der Waals surface area contributed by atoms with Gasteiger partial charge in [0.25, 0.3) is 5.91 Å². The Balaban J connectivity index is 2.56. The summed E-state index contributed by atoms with van der Waals surface area (Å²) in [6, 6.07) is 5.48. The summed E-state index contributed by atoms with van der Waals surface area (Å²) in [5, 5.41) is 8.83. The molecule has 100 valence electrons. The number of carbonyl (C=O) groups excluding carboxylic acids is 1. The third-order valence-corrected chi connectivity index (χ3v) is 3.46. The highest BCUT2D eigenvalue weighted by molar-refractivity contribution is 9.11. The van der Waals surface area contributed by atoms with E-state index >= 15 is 0 Å². The molecule has 6 heteroatoms. The SMILES string of the molecule is CCN(CCO)C(=O)COc1ccc(Br)cc1Br. The van der Waals surface area contributed by atoms with Crippen LogP contribution in [-0.2, 0) is 4.79 Å². The van der Waals surface area contributed by atoms with Crippen molar-refractivity contribution in [3.8, 4) is 5.75 Å². The molecule has 0 saturated carbocycles. The molecule has 0 aliphatic heterocycles. The van der Waals surface area contributed by atoms with Crippen molar-refractivity contribution in [2.24, 2.45) is 0 Å². The Hall–Kier alpha value is -0.590. The zero-order chi connectivity index (χ0) is 13.5. The molecule has 18 heavy (non-hydrogen) atoms. The minimum atomic E-state index is -0.138. The smallest absolute Gasteiger partial charge is 0.260 e. The summed E-state index contributed by atoms with van der Waals surface area (Å²) in [5.41, 5.74) is 0. The first-order valence-electron chi connectivity index (χ1n) is 5.55. The number of hydrogen-bond donors (Lipinski definition) is 1. The maximum atomic E-state index is 11.8. The molecule has 0 saturated heterocycles. The van der Waals surface area contributed by atoms with Crippen LogP contribution in [0.1, 0.15) is 6.92 Å². The van der Waals surface area contributed by atoms with Crippen molar-refractivity contribution in [3.05, 3.63) is 27.1 Å².